The molecule has 5 rings (SSSR count). The van der Waals surface area contributed by atoms with E-state index < -0.39 is 0 Å². The average Bonchev–Trinajstić information content (AvgIpc) is 3.07. The molecule has 128 valence electrons. The fourth-order valence-electron chi connectivity index (χ4n) is 3.15. The molecule has 1 aromatic carbocycles. The fraction of sp³-hybridized carbons (Fsp3) is 0.105. The smallest absolute Gasteiger partial charge is 0.248 e. The lowest BCUT2D eigenvalue weighted by Crippen LogP contribution is -2.15. The van der Waals surface area contributed by atoms with E-state index in [2.05, 4.69) is 15.0 Å². The number of aromatic amines is 1. The molecular weight excluding hydrogens is 332 g/mol. The molecule has 0 unspecified atom stereocenters. The number of H-pyrrole nitrogens is 1. The van der Waals surface area contributed by atoms with Crippen LogP contribution in [0, 0.1) is 0 Å². The van der Waals surface area contributed by atoms with E-state index >= 15 is 0 Å². The van der Waals surface area contributed by atoms with E-state index in [0.717, 1.165) is 28.3 Å². The number of benzene rings is 1. The minimum atomic E-state index is -0.172. The third kappa shape index (κ3) is 2.33. The van der Waals surface area contributed by atoms with Crippen LogP contribution in [0.1, 0.15) is 0 Å². The van der Waals surface area contributed by atoms with E-state index in [1.54, 1.807) is 18.5 Å². The van der Waals surface area contributed by atoms with Crippen molar-refractivity contribution in [3.63, 3.8) is 0 Å². The quantitative estimate of drug-likeness (QED) is 0.603. The standard InChI is InChI=1S/C19H14N4O3/c24-16-11-13(4-6-20-16)18-17(22-19-21-5-1-7-23(18)19)12-2-3-14-15(10-12)26-9-8-25-14/h1-7,10-11H,8-9H2,(H,20,24). The molecule has 0 fully saturated rings. The summed E-state index contributed by atoms with van der Waals surface area (Å²) in [5.74, 6) is 1.97. The molecule has 0 aliphatic carbocycles. The molecule has 0 bridgehead atoms. The van der Waals surface area contributed by atoms with Crippen LogP contribution < -0.4 is 15.0 Å². The van der Waals surface area contributed by atoms with Crippen molar-refractivity contribution < 1.29 is 9.47 Å². The Morgan fingerprint density at radius 1 is 1.04 bits per heavy atom. The van der Waals surface area contributed by atoms with Gasteiger partial charge in [0, 0.05) is 35.8 Å². The van der Waals surface area contributed by atoms with Crippen LogP contribution in [0.4, 0.5) is 0 Å². The van der Waals surface area contributed by atoms with E-state index in [0.29, 0.717) is 24.7 Å². The Morgan fingerprint density at radius 2 is 1.92 bits per heavy atom. The molecule has 0 spiro atoms. The van der Waals surface area contributed by atoms with Crippen LogP contribution in [-0.2, 0) is 0 Å². The molecule has 0 radical (unpaired) electrons. The van der Waals surface area contributed by atoms with Gasteiger partial charge in [0.15, 0.2) is 11.5 Å². The maximum Gasteiger partial charge on any atom is 0.248 e. The normalized spacial score (nSPS) is 13.1. The van der Waals surface area contributed by atoms with Gasteiger partial charge in [0.05, 0.1) is 11.4 Å². The summed E-state index contributed by atoms with van der Waals surface area (Å²) in [5.41, 5.74) is 2.99. The molecule has 1 aliphatic rings. The Bertz CT molecular complexity index is 1180. The molecule has 0 atom stereocenters. The summed E-state index contributed by atoms with van der Waals surface area (Å²) in [7, 11) is 0. The van der Waals surface area contributed by atoms with Crippen molar-refractivity contribution >= 4 is 5.78 Å². The van der Waals surface area contributed by atoms with Crippen molar-refractivity contribution in [3.05, 3.63) is 65.3 Å². The minimum Gasteiger partial charge on any atom is -0.486 e. The lowest BCUT2D eigenvalue weighted by Gasteiger charge is -2.18. The molecule has 0 saturated heterocycles. The van der Waals surface area contributed by atoms with E-state index in [1.807, 2.05) is 40.9 Å². The Kier molecular flexibility index (Phi) is 3.24. The first-order valence-corrected chi connectivity index (χ1v) is 8.22. The van der Waals surface area contributed by atoms with Gasteiger partial charge in [-0.25, -0.2) is 9.97 Å². The molecule has 3 aromatic heterocycles. The number of hydrogen-bond acceptors (Lipinski definition) is 5. The van der Waals surface area contributed by atoms with Gasteiger partial charge in [-0.3, -0.25) is 9.20 Å². The summed E-state index contributed by atoms with van der Waals surface area (Å²) in [4.78, 5) is 23.5. The van der Waals surface area contributed by atoms with Gasteiger partial charge >= 0.3 is 0 Å². The summed E-state index contributed by atoms with van der Waals surface area (Å²) in [5, 5.41) is 0. The zero-order valence-electron chi connectivity index (χ0n) is 13.7. The summed E-state index contributed by atoms with van der Waals surface area (Å²) < 4.78 is 13.2. The number of aromatic nitrogens is 4. The van der Waals surface area contributed by atoms with Crippen molar-refractivity contribution in [2.24, 2.45) is 0 Å². The Morgan fingerprint density at radius 3 is 2.81 bits per heavy atom. The number of imidazole rings is 1. The second kappa shape index (κ2) is 5.73. The summed E-state index contributed by atoms with van der Waals surface area (Å²) in [6, 6.07) is 11.0. The van der Waals surface area contributed by atoms with Crippen LogP contribution in [0.15, 0.2) is 59.8 Å². The van der Waals surface area contributed by atoms with E-state index in [-0.39, 0.29) is 5.56 Å². The van der Waals surface area contributed by atoms with Gasteiger partial charge in [0.25, 0.3) is 0 Å². The topological polar surface area (TPSA) is 81.5 Å². The Hall–Kier alpha value is -3.61. The second-order valence-electron chi connectivity index (χ2n) is 5.90. The van der Waals surface area contributed by atoms with Gasteiger partial charge in [-0.15, -0.1) is 0 Å². The van der Waals surface area contributed by atoms with Gasteiger partial charge < -0.3 is 14.5 Å². The monoisotopic (exact) mass is 346 g/mol. The Labute approximate surface area is 147 Å². The fourth-order valence-corrected chi connectivity index (χ4v) is 3.15. The largest absolute Gasteiger partial charge is 0.486 e. The van der Waals surface area contributed by atoms with Gasteiger partial charge in [0.2, 0.25) is 11.3 Å². The molecular formula is C19H14N4O3. The lowest BCUT2D eigenvalue weighted by molar-refractivity contribution is 0.171. The van der Waals surface area contributed by atoms with Crippen LogP contribution >= 0.6 is 0 Å². The van der Waals surface area contributed by atoms with E-state index in [4.69, 9.17) is 9.47 Å². The van der Waals surface area contributed by atoms with Crippen LogP contribution in [0.25, 0.3) is 28.3 Å². The highest BCUT2D eigenvalue weighted by Gasteiger charge is 2.19. The van der Waals surface area contributed by atoms with Crippen molar-refractivity contribution in [3.8, 4) is 34.0 Å². The Balaban J connectivity index is 1.78. The molecule has 7 nitrogen and oxygen atoms in total. The number of nitrogens with one attached hydrogen (secondary N) is 1. The van der Waals surface area contributed by atoms with Crippen molar-refractivity contribution in [2.45, 2.75) is 0 Å². The van der Waals surface area contributed by atoms with E-state index in [9.17, 15) is 4.79 Å². The van der Waals surface area contributed by atoms with E-state index in [1.165, 1.54) is 0 Å². The van der Waals surface area contributed by atoms with Crippen LogP contribution in [0.2, 0.25) is 0 Å². The van der Waals surface area contributed by atoms with Crippen LogP contribution in [0.5, 0.6) is 11.5 Å². The second-order valence-corrected chi connectivity index (χ2v) is 5.90. The molecule has 4 heterocycles. The number of pyridine rings is 1. The molecule has 4 aromatic rings. The number of nitrogens with zero attached hydrogens (tertiary/aromatic N) is 3. The van der Waals surface area contributed by atoms with Crippen LogP contribution in [-0.4, -0.2) is 32.6 Å². The maximum atomic E-state index is 11.8. The molecule has 7 heteroatoms. The van der Waals surface area contributed by atoms with Crippen molar-refractivity contribution in [1.82, 2.24) is 19.4 Å². The van der Waals surface area contributed by atoms with Gasteiger partial charge in [-0.05, 0) is 30.3 Å². The zero-order valence-corrected chi connectivity index (χ0v) is 13.7. The zero-order chi connectivity index (χ0) is 17.5. The lowest BCUT2D eigenvalue weighted by atomic mass is 10.0. The SMILES string of the molecule is O=c1cc(-c2c(-c3ccc4c(c3)OCCO4)nc3ncccn23)cc[nH]1. The maximum absolute atomic E-state index is 11.8. The molecule has 0 amide bonds. The van der Waals surface area contributed by atoms with Gasteiger partial charge in [0.1, 0.15) is 13.2 Å². The molecule has 1 aliphatic heterocycles. The first kappa shape index (κ1) is 14.7. The number of hydrogen-bond donors (Lipinski definition) is 1. The minimum absolute atomic E-state index is 0.172. The highest BCUT2D eigenvalue weighted by molar-refractivity contribution is 5.82. The van der Waals surface area contributed by atoms with Crippen LogP contribution in [0.3, 0.4) is 0 Å². The van der Waals surface area contributed by atoms with Gasteiger partial charge in [-0.1, -0.05) is 0 Å². The molecule has 26 heavy (non-hydrogen) atoms. The van der Waals surface area contributed by atoms with Crippen molar-refractivity contribution in [2.75, 3.05) is 13.2 Å². The summed E-state index contributed by atoms with van der Waals surface area (Å²) >= 11 is 0. The highest BCUT2D eigenvalue weighted by Crippen LogP contribution is 2.37. The first-order valence-electron chi connectivity index (χ1n) is 8.22. The predicted octanol–water partition coefficient (Wildman–Crippen LogP) is 2.52. The number of rotatable bonds is 2. The highest BCUT2D eigenvalue weighted by atomic mass is 16.6. The van der Waals surface area contributed by atoms with Gasteiger partial charge in [-0.2, -0.15) is 0 Å². The van der Waals surface area contributed by atoms with Crippen molar-refractivity contribution in [1.29, 1.82) is 0 Å². The number of ether oxygens (including phenoxy) is 2. The molecule has 1 N–H and O–H groups in total. The summed E-state index contributed by atoms with van der Waals surface area (Å²) in [6.07, 6.45) is 5.20. The molecule has 0 saturated carbocycles. The third-order valence-corrected chi connectivity index (χ3v) is 4.27. The predicted molar refractivity (Wildman–Crippen MR) is 95.5 cm³/mol. The first-order chi connectivity index (χ1) is 12.8. The average molecular weight is 346 g/mol. The summed E-state index contributed by atoms with van der Waals surface area (Å²) in [6.45, 7) is 1.06. The third-order valence-electron chi connectivity index (χ3n) is 4.27. The number of fused-ring (bicyclic) bond motifs is 2.